The van der Waals surface area contributed by atoms with E-state index in [1.807, 2.05) is 18.2 Å². The van der Waals surface area contributed by atoms with E-state index in [9.17, 15) is 5.11 Å². The molecule has 3 heteroatoms. The van der Waals surface area contributed by atoms with Crippen LogP contribution in [0.3, 0.4) is 0 Å². The largest absolute Gasteiger partial charge is 0.508 e. The predicted octanol–water partition coefficient (Wildman–Crippen LogP) is 5.84. The summed E-state index contributed by atoms with van der Waals surface area (Å²) in [5, 5.41) is 14.8. The molecule has 4 aromatic rings. The van der Waals surface area contributed by atoms with E-state index in [-0.39, 0.29) is 5.75 Å². The van der Waals surface area contributed by atoms with Crippen LogP contribution in [0.2, 0.25) is 0 Å². The van der Waals surface area contributed by atoms with Gasteiger partial charge in [0, 0.05) is 16.7 Å². The fraction of sp³-hybridized carbons (Fsp3) is 0.160. The number of benzene rings is 3. The highest BCUT2D eigenvalue weighted by Gasteiger charge is 2.19. The van der Waals surface area contributed by atoms with Crippen LogP contribution in [0, 0.1) is 6.92 Å². The first-order valence-electron chi connectivity index (χ1n) is 9.65. The van der Waals surface area contributed by atoms with Gasteiger partial charge in [0.2, 0.25) is 0 Å². The zero-order valence-electron chi connectivity index (χ0n) is 16.3. The lowest BCUT2D eigenvalue weighted by atomic mass is 10.00. The molecule has 0 spiro atoms. The number of hydrogen-bond acceptors (Lipinski definition) is 2. The Morgan fingerprint density at radius 2 is 1.61 bits per heavy atom. The molecule has 1 heterocycles. The second kappa shape index (κ2) is 7.73. The summed E-state index contributed by atoms with van der Waals surface area (Å²) in [7, 11) is 0. The summed E-state index contributed by atoms with van der Waals surface area (Å²) >= 11 is 0. The van der Waals surface area contributed by atoms with Crippen LogP contribution in [0.4, 0.5) is 0 Å². The number of aromatic hydroxyl groups is 1. The van der Waals surface area contributed by atoms with E-state index < -0.39 is 0 Å². The minimum atomic E-state index is 0.273. The summed E-state index contributed by atoms with van der Waals surface area (Å²) in [5.41, 5.74) is 8.03. The third-order valence-corrected chi connectivity index (χ3v) is 5.01. The Kier molecular flexibility index (Phi) is 4.98. The number of hydrogen-bond donors (Lipinski definition) is 1. The minimum Gasteiger partial charge on any atom is -0.508 e. The highest BCUT2D eigenvalue weighted by atomic mass is 16.3. The molecule has 28 heavy (non-hydrogen) atoms. The van der Waals surface area contributed by atoms with E-state index in [1.165, 1.54) is 16.7 Å². The molecule has 0 aliphatic rings. The van der Waals surface area contributed by atoms with Gasteiger partial charge >= 0.3 is 0 Å². The molecule has 0 amide bonds. The molecule has 0 bridgehead atoms. The van der Waals surface area contributed by atoms with Crippen molar-refractivity contribution in [2.75, 3.05) is 0 Å². The van der Waals surface area contributed by atoms with Crippen LogP contribution in [0.5, 0.6) is 5.75 Å². The van der Waals surface area contributed by atoms with Crippen molar-refractivity contribution in [3.63, 3.8) is 0 Å². The molecule has 4 rings (SSSR count). The molecule has 3 nitrogen and oxygen atoms in total. The monoisotopic (exact) mass is 368 g/mol. The highest BCUT2D eigenvalue weighted by molar-refractivity contribution is 5.75. The number of nitrogens with zero attached hydrogens (tertiary/aromatic N) is 2. The van der Waals surface area contributed by atoms with E-state index in [0.29, 0.717) is 6.54 Å². The first kappa shape index (κ1) is 18.1. The Balaban J connectivity index is 1.90. The van der Waals surface area contributed by atoms with Crippen molar-refractivity contribution < 1.29 is 5.11 Å². The standard InChI is InChI=1S/C25H24N2O/c1-3-23-24(20-10-5-4-6-11-20)26-27(17-19-9-7-8-18(2)16-19)25(23)21-12-14-22(28)15-13-21/h4-16,28H,3,17H2,1-2H3. The van der Waals surface area contributed by atoms with Crippen molar-refractivity contribution in [1.82, 2.24) is 9.78 Å². The Hall–Kier alpha value is -3.33. The molecule has 1 N–H and O–H groups in total. The first-order chi connectivity index (χ1) is 13.7. The zero-order valence-corrected chi connectivity index (χ0v) is 16.3. The van der Waals surface area contributed by atoms with Gasteiger partial charge in [-0.15, -0.1) is 0 Å². The maximum Gasteiger partial charge on any atom is 0.115 e. The second-order valence-electron chi connectivity index (χ2n) is 7.09. The van der Waals surface area contributed by atoms with Gasteiger partial charge in [-0.2, -0.15) is 5.10 Å². The number of phenolic OH excluding ortho intramolecular Hbond substituents is 1. The van der Waals surface area contributed by atoms with Crippen molar-refractivity contribution in [3.05, 3.63) is 95.6 Å². The average molecular weight is 368 g/mol. The Labute approximate surface area is 165 Å². The van der Waals surface area contributed by atoms with Gasteiger partial charge in [-0.3, -0.25) is 4.68 Å². The molecule has 0 saturated heterocycles. The third-order valence-electron chi connectivity index (χ3n) is 5.01. The molecule has 0 aliphatic carbocycles. The Morgan fingerprint density at radius 3 is 2.29 bits per heavy atom. The van der Waals surface area contributed by atoms with E-state index in [0.717, 1.165) is 28.9 Å². The molecule has 0 atom stereocenters. The van der Waals surface area contributed by atoms with Crippen molar-refractivity contribution >= 4 is 0 Å². The van der Waals surface area contributed by atoms with Crippen LogP contribution in [-0.2, 0) is 13.0 Å². The van der Waals surface area contributed by atoms with E-state index in [1.54, 1.807) is 12.1 Å². The van der Waals surface area contributed by atoms with Crippen LogP contribution in [-0.4, -0.2) is 14.9 Å². The lowest BCUT2D eigenvalue weighted by molar-refractivity contribution is 0.475. The van der Waals surface area contributed by atoms with Crippen LogP contribution in [0.1, 0.15) is 23.6 Å². The summed E-state index contributed by atoms with van der Waals surface area (Å²) < 4.78 is 2.10. The van der Waals surface area contributed by atoms with Gasteiger partial charge in [0.1, 0.15) is 5.75 Å². The molecule has 0 fully saturated rings. The van der Waals surface area contributed by atoms with Crippen LogP contribution < -0.4 is 0 Å². The fourth-order valence-electron chi connectivity index (χ4n) is 3.70. The molecule has 1 aromatic heterocycles. The Morgan fingerprint density at radius 1 is 0.857 bits per heavy atom. The van der Waals surface area contributed by atoms with Gasteiger partial charge in [-0.25, -0.2) is 0 Å². The van der Waals surface area contributed by atoms with Crippen LogP contribution >= 0.6 is 0 Å². The first-order valence-corrected chi connectivity index (χ1v) is 9.65. The molecular weight excluding hydrogens is 344 g/mol. The molecule has 0 radical (unpaired) electrons. The van der Waals surface area contributed by atoms with E-state index >= 15 is 0 Å². The SMILES string of the molecule is CCc1c(-c2ccccc2)nn(Cc2cccc(C)c2)c1-c1ccc(O)cc1. The van der Waals surface area contributed by atoms with Gasteiger partial charge < -0.3 is 5.11 Å². The molecule has 3 aromatic carbocycles. The summed E-state index contributed by atoms with van der Waals surface area (Å²) in [6.07, 6.45) is 0.883. The summed E-state index contributed by atoms with van der Waals surface area (Å²) in [6, 6.07) is 26.3. The molecular formula is C25H24N2O. The molecule has 0 unspecified atom stereocenters. The number of aryl methyl sites for hydroxylation is 1. The van der Waals surface area contributed by atoms with Gasteiger partial charge in [0.15, 0.2) is 0 Å². The molecule has 0 aliphatic heterocycles. The smallest absolute Gasteiger partial charge is 0.115 e. The summed E-state index contributed by atoms with van der Waals surface area (Å²) in [6.45, 7) is 4.99. The second-order valence-corrected chi connectivity index (χ2v) is 7.09. The molecule has 140 valence electrons. The summed E-state index contributed by atoms with van der Waals surface area (Å²) in [5.74, 6) is 0.273. The maximum atomic E-state index is 9.73. The average Bonchev–Trinajstić information content (AvgIpc) is 3.07. The Bertz CT molecular complexity index is 1080. The summed E-state index contributed by atoms with van der Waals surface area (Å²) in [4.78, 5) is 0. The highest BCUT2D eigenvalue weighted by Crippen LogP contribution is 2.34. The van der Waals surface area contributed by atoms with Crippen molar-refractivity contribution in [1.29, 1.82) is 0 Å². The van der Waals surface area contributed by atoms with Crippen molar-refractivity contribution in [3.8, 4) is 28.3 Å². The zero-order chi connectivity index (χ0) is 19.5. The molecule has 0 saturated carbocycles. The third kappa shape index (κ3) is 3.56. The normalized spacial score (nSPS) is 10.9. The maximum absolute atomic E-state index is 9.73. The lowest BCUT2D eigenvalue weighted by Crippen LogP contribution is -2.04. The topological polar surface area (TPSA) is 38.0 Å². The number of rotatable bonds is 5. The fourth-order valence-corrected chi connectivity index (χ4v) is 3.70. The van der Waals surface area contributed by atoms with E-state index in [4.69, 9.17) is 5.10 Å². The lowest BCUT2D eigenvalue weighted by Gasteiger charge is -2.10. The number of phenols is 1. The van der Waals surface area contributed by atoms with Gasteiger partial charge in [-0.1, -0.05) is 67.1 Å². The quantitative estimate of drug-likeness (QED) is 0.480. The van der Waals surface area contributed by atoms with E-state index in [2.05, 4.69) is 67.1 Å². The van der Waals surface area contributed by atoms with Crippen LogP contribution in [0.25, 0.3) is 22.5 Å². The predicted molar refractivity (Wildman–Crippen MR) is 114 cm³/mol. The van der Waals surface area contributed by atoms with Crippen molar-refractivity contribution in [2.45, 2.75) is 26.8 Å². The van der Waals surface area contributed by atoms with Crippen molar-refractivity contribution in [2.24, 2.45) is 0 Å². The minimum absolute atomic E-state index is 0.273. The van der Waals surface area contributed by atoms with Gasteiger partial charge in [-0.05, 0) is 43.2 Å². The van der Waals surface area contributed by atoms with Gasteiger partial charge in [0.05, 0.1) is 17.9 Å². The van der Waals surface area contributed by atoms with Gasteiger partial charge in [0.25, 0.3) is 0 Å². The van der Waals surface area contributed by atoms with Crippen LogP contribution in [0.15, 0.2) is 78.9 Å². The number of aromatic nitrogens is 2.